The minimum atomic E-state index is -1.09. The first-order valence-corrected chi connectivity index (χ1v) is 6.11. The van der Waals surface area contributed by atoms with E-state index in [0.717, 1.165) is 31.1 Å². The number of hydrogen-bond acceptors (Lipinski definition) is 2. The summed E-state index contributed by atoms with van der Waals surface area (Å²) >= 11 is 0. The summed E-state index contributed by atoms with van der Waals surface area (Å²) in [7, 11) is 0. The van der Waals surface area contributed by atoms with Crippen LogP contribution in [0.25, 0.3) is 0 Å². The fourth-order valence-corrected chi connectivity index (χ4v) is 2.48. The van der Waals surface area contributed by atoms with E-state index in [-0.39, 0.29) is 5.56 Å². The Hall–Kier alpha value is -1.42. The highest BCUT2D eigenvalue weighted by Gasteiger charge is 2.29. The maximum Gasteiger partial charge on any atom is 0.335 e. The Labute approximate surface area is 106 Å². The molecule has 1 aliphatic heterocycles. The summed E-state index contributed by atoms with van der Waals surface area (Å²) in [5, 5.41) is 8.90. The van der Waals surface area contributed by atoms with Crippen LogP contribution in [0, 0.1) is 11.2 Å². The van der Waals surface area contributed by atoms with Gasteiger partial charge in [0.05, 0.1) is 5.56 Å². The van der Waals surface area contributed by atoms with E-state index in [1.807, 2.05) is 0 Å². The van der Waals surface area contributed by atoms with Gasteiger partial charge in [-0.3, -0.25) is 4.90 Å². The first-order valence-electron chi connectivity index (χ1n) is 6.11. The van der Waals surface area contributed by atoms with E-state index in [1.165, 1.54) is 6.07 Å². The normalized spacial score (nSPS) is 19.1. The zero-order chi connectivity index (χ0) is 13.3. The minimum absolute atomic E-state index is 0.0171. The Kier molecular flexibility index (Phi) is 3.39. The smallest absolute Gasteiger partial charge is 0.335 e. The first kappa shape index (κ1) is 13.0. The van der Waals surface area contributed by atoms with Crippen molar-refractivity contribution >= 4 is 5.97 Å². The number of aromatic carboxylic acids is 1. The Morgan fingerprint density at radius 1 is 1.44 bits per heavy atom. The van der Waals surface area contributed by atoms with Crippen molar-refractivity contribution in [2.24, 2.45) is 5.41 Å². The summed E-state index contributed by atoms with van der Waals surface area (Å²) in [4.78, 5) is 13.1. The van der Waals surface area contributed by atoms with Gasteiger partial charge in [-0.05, 0) is 42.1 Å². The van der Waals surface area contributed by atoms with Gasteiger partial charge in [0.2, 0.25) is 0 Å². The molecule has 0 amide bonds. The molecule has 0 unspecified atom stereocenters. The van der Waals surface area contributed by atoms with Crippen LogP contribution in [-0.2, 0) is 6.54 Å². The van der Waals surface area contributed by atoms with Gasteiger partial charge in [-0.1, -0.05) is 13.8 Å². The predicted molar refractivity (Wildman–Crippen MR) is 67.0 cm³/mol. The van der Waals surface area contributed by atoms with Crippen LogP contribution in [0.1, 0.15) is 36.2 Å². The summed E-state index contributed by atoms with van der Waals surface area (Å²) < 4.78 is 13.3. The van der Waals surface area contributed by atoms with E-state index < -0.39 is 11.8 Å². The van der Waals surface area contributed by atoms with Crippen molar-refractivity contribution in [1.29, 1.82) is 0 Å². The summed E-state index contributed by atoms with van der Waals surface area (Å²) in [6, 6.07) is 4.02. The molecule has 1 aromatic carbocycles. The van der Waals surface area contributed by atoms with E-state index in [9.17, 15) is 9.18 Å². The van der Waals surface area contributed by atoms with E-state index >= 15 is 0 Å². The van der Waals surface area contributed by atoms with Crippen molar-refractivity contribution in [2.75, 3.05) is 13.1 Å². The molecule has 3 nitrogen and oxygen atoms in total. The Balaban J connectivity index is 2.12. The molecule has 2 rings (SSSR count). The lowest BCUT2D eigenvalue weighted by Gasteiger charge is -2.19. The van der Waals surface area contributed by atoms with Crippen LogP contribution >= 0.6 is 0 Å². The van der Waals surface area contributed by atoms with Crippen molar-refractivity contribution in [3.05, 3.63) is 35.1 Å². The molecule has 0 radical (unpaired) electrons. The van der Waals surface area contributed by atoms with Gasteiger partial charge >= 0.3 is 5.97 Å². The van der Waals surface area contributed by atoms with Crippen LogP contribution in [-0.4, -0.2) is 29.1 Å². The summed E-state index contributed by atoms with van der Waals surface area (Å²) in [5.41, 5.74) is 1.04. The fraction of sp³-hybridized carbons (Fsp3) is 0.500. The third-order valence-electron chi connectivity index (χ3n) is 3.37. The molecule has 0 bridgehead atoms. The molecule has 0 aromatic heterocycles. The molecular weight excluding hydrogens is 233 g/mol. The number of carboxylic acid groups (broad SMARTS) is 1. The van der Waals surface area contributed by atoms with E-state index in [2.05, 4.69) is 18.7 Å². The van der Waals surface area contributed by atoms with Crippen LogP contribution < -0.4 is 0 Å². The molecule has 1 aliphatic rings. The van der Waals surface area contributed by atoms with Gasteiger partial charge in [0, 0.05) is 13.1 Å². The Bertz CT molecular complexity index is 471. The third kappa shape index (κ3) is 3.07. The van der Waals surface area contributed by atoms with Crippen LogP contribution in [0.3, 0.4) is 0 Å². The van der Waals surface area contributed by atoms with Crippen molar-refractivity contribution in [1.82, 2.24) is 4.90 Å². The van der Waals surface area contributed by atoms with Gasteiger partial charge in [0.15, 0.2) is 0 Å². The molecule has 1 saturated heterocycles. The van der Waals surface area contributed by atoms with E-state index in [4.69, 9.17) is 5.11 Å². The number of carboxylic acids is 1. The van der Waals surface area contributed by atoms with Crippen LogP contribution in [0.5, 0.6) is 0 Å². The number of benzene rings is 1. The quantitative estimate of drug-likeness (QED) is 0.898. The van der Waals surface area contributed by atoms with Gasteiger partial charge in [-0.2, -0.15) is 0 Å². The van der Waals surface area contributed by atoms with Crippen LogP contribution in [0.2, 0.25) is 0 Å². The second-order valence-electron chi connectivity index (χ2n) is 5.78. The molecule has 0 spiro atoms. The summed E-state index contributed by atoms with van der Waals surface area (Å²) in [5.74, 6) is -1.57. The van der Waals surface area contributed by atoms with Crippen molar-refractivity contribution in [3.8, 4) is 0 Å². The average Bonchev–Trinajstić information content (AvgIpc) is 2.57. The molecule has 1 N–H and O–H groups in total. The first-order chi connectivity index (χ1) is 8.35. The summed E-state index contributed by atoms with van der Waals surface area (Å²) in [6.07, 6.45) is 1.12. The Morgan fingerprint density at radius 2 is 2.17 bits per heavy atom. The molecule has 1 aromatic rings. The molecule has 1 heterocycles. The van der Waals surface area contributed by atoms with Crippen molar-refractivity contribution < 1.29 is 14.3 Å². The second-order valence-corrected chi connectivity index (χ2v) is 5.78. The fourth-order valence-electron chi connectivity index (χ4n) is 2.48. The predicted octanol–water partition coefficient (Wildman–Crippen LogP) is 2.76. The second kappa shape index (κ2) is 4.69. The highest BCUT2D eigenvalue weighted by Crippen LogP contribution is 2.29. The number of rotatable bonds is 3. The standard InChI is InChI=1S/C14H18FNO2/c1-14(2)3-4-16(9-14)8-10-5-11(13(17)18)7-12(15)6-10/h5-7H,3-4,8-9H2,1-2H3,(H,17,18). The molecular formula is C14H18FNO2. The van der Waals surface area contributed by atoms with E-state index in [0.29, 0.717) is 12.0 Å². The number of halogens is 1. The summed E-state index contributed by atoms with van der Waals surface area (Å²) in [6.45, 7) is 6.97. The zero-order valence-electron chi connectivity index (χ0n) is 10.7. The molecule has 98 valence electrons. The van der Waals surface area contributed by atoms with Gasteiger partial charge in [-0.25, -0.2) is 9.18 Å². The van der Waals surface area contributed by atoms with Gasteiger partial charge < -0.3 is 5.11 Å². The number of hydrogen-bond donors (Lipinski definition) is 1. The highest BCUT2D eigenvalue weighted by atomic mass is 19.1. The third-order valence-corrected chi connectivity index (χ3v) is 3.37. The molecule has 1 fully saturated rings. The molecule has 0 aliphatic carbocycles. The van der Waals surface area contributed by atoms with Gasteiger partial charge in [-0.15, -0.1) is 0 Å². The maximum atomic E-state index is 13.3. The van der Waals surface area contributed by atoms with Crippen molar-refractivity contribution in [2.45, 2.75) is 26.8 Å². The molecule has 4 heteroatoms. The SMILES string of the molecule is CC1(C)CCN(Cc2cc(F)cc(C(=O)O)c2)C1. The van der Waals surface area contributed by atoms with Gasteiger partial charge in [0.25, 0.3) is 0 Å². The number of nitrogens with zero attached hydrogens (tertiary/aromatic N) is 1. The number of carbonyl (C=O) groups is 1. The lowest BCUT2D eigenvalue weighted by molar-refractivity contribution is 0.0696. The maximum absolute atomic E-state index is 13.3. The van der Waals surface area contributed by atoms with Crippen LogP contribution in [0.15, 0.2) is 18.2 Å². The monoisotopic (exact) mass is 251 g/mol. The van der Waals surface area contributed by atoms with Gasteiger partial charge in [0.1, 0.15) is 5.82 Å². The largest absolute Gasteiger partial charge is 0.478 e. The lowest BCUT2D eigenvalue weighted by Crippen LogP contribution is -2.23. The van der Waals surface area contributed by atoms with Crippen LogP contribution in [0.4, 0.5) is 4.39 Å². The topological polar surface area (TPSA) is 40.5 Å². The minimum Gasteiger partial charge on any atom is -0.478 e. The Morgan fingerprint density at radius 3 is 2.72 bits per heavy atom. The molecule has 0 saturated carbocycles. The number of likely N-dealkylation sites (tertiary alicyclic amines) is 1. The highest BCUT2D eigenvalue weighted by molar-refractivity contribution is 5.87. The lowest BCUT2D eigenvalue weighted by atomic mass is 9.93. The molecule has 18 heavy (non-hydrogen) atoms. The molecule has 0 atom stereocenters. The van der Waals surface area contributed by atoms with Crippen molar-refractivity contribution in [3.63, 3.8) is 0 Å². The van der Waals surface area contributed by atoms with E-state index in [1.54, 1.807) is 6.07 Å². The zero-order valence-corrected chi connectivity index (χ0v) is 10.7. The average molecular weight is 251 g/mol.